The van der Waals surface area contributed by atoms with Crippen LogP contribution in [0.15, 0.2) is 24.3 Å². The van der Waals surface area contributed by atoms with E-state index in [2.05, 4.69) is 5.32 Å². The molecule has 0 aliphatic carbocycles. The first kappa shape index (κ1) is 14.0. The van der Waals surface area contributed by atoms with Crippen molar-refractivity contribution in [2.45, 2.75) is 6.54 Å². The Morgan fingerprint density at radius 3 is 2.72 bits per heavy atom. The highest BCUT2D eigenvalue weighted by molar-refractivity contribution is 6.35. The Morgan fingerprint density at radius 2 is 2.11 bits per heavy atom. The van der Waals surface area contributed by atoms with Crippen LogP contribution in [0.25, 0.3) is 0 Å². The highest BCUT2D eigenvalue weighted by Gasteiger charge is 2.18. The van der Waals surface area contributed by atoms with Gasteiger partial charge in [0.15, 0.2) is 0 Å². The Bertz CT molecular complexity index is 496. The minimum Gasteiger partial charge on any atom is -0.335 e. The lowest BCUT2D eigenvalue weighted by Gasteiger charge is -2.16. The van der Waals surface area contributed by atoms with Gasteiger partial charge >= 0.3 is 11.8 Å². The summed E-state index contributed by atoms with van der Waals surface area (Å²) in [6, 6.07) is 8.80. The van der Waals surface area contributed by atoms with E-state index >= 15 is 0 Å². The molecular weight excluding hydrogens is 254 g/mol. The maximum Gasteiger partial charge on any atom is 0.311 e. The summed E-state index contributed by atoms with van der Waals surface area (Å²) in [5.74, 6) is -1.50. The highest BCUT2D eigenvalue weighted by atomic mass is 35.5. The molecule has 6 heteroatoms. The Hall–Kier alpha value is -2.06. The zero-order valence-electron chi connectivity index (χ0n) is 9.81. The summed E-state index contributed by atoms with van der Waals surface area (Å²) < 4.78 is 0. The van der Waals surface area contributed by atoms with Crippen molar-refractivity contribution in [3.05, 3.63) is 34.9 Å². The minimum absolute atomic E-state index is 0.190. The van der Waals surface area contributed by atoms with Crippen LogP contribution in [0.4, 0.5) is 0 Å². The molecule has 0 bridgehead atoms. The molecular formula is C12H12ClN3O2. The van der Waals surface area contributed by atoms with E-state index in [1.165, 1.54) is 11.9 Å². The molecule has 0 unspecified atom stereocenters. The summed E-state index contributed by atoms with van der Waals surface area (Å²) in [7, 11) is 1.50. The van der Waals surface area contributed by atoms with E-state index in [1.807, 2.05) is 0 Å². The maximum atomic E-state index is 11.6. The Labute approximate surface area is 110 Å². The molecule has 0 saturated heterocycles. The van der Waals surface area contributed by atoms with Crippen LogP contribution >= 0.6 is 11.6 Å². The number of nitrogens with zero attached hydrogens (tertiary/aromatic N) is 2. The van der Waals surface area contributed by atoms with Gasteiger partial charge in [-0.2, -0.15) is 5.26 Å². The molecule has 0 fully saturated rings. The molecule has 2 amide bonds. The number of hydrogen-bond donors (Lipinski definition) is 1. The fraction of sp³-hybridized carbons (Fsp3) is 0.250. The van der Waals surface area contributed by atoms with Crippen LogP contribution < -0.4 is 5.32 Å². The third kappa shape index (κ3) is 3.75. The average Bonchev–Trinajstić information content (AvgIpc) is 2.37. The summed E-state index contributed by atoms with van der Waals surface area (Å²) in [4.78, 5) is 24.2. The predicted molar refractivity (Wildman–Crippen MR) is 66.5 cm³/mol. The monoisotopic (exact) mass is 265 g/mol. The van der Waals surface area contributed by atoms with Crippen LogP contribution in [0.5, 0.6) is 0 Å². The average molecular weight is 266 g/mol. The van der Waals surface area contributed by atoms with Crippen molar-refractivity contribution in [1.82, 2.24) is 10.2 Å². The Morgan fingerprint density at radius 1 is 1.44 bits per heavy atom. The van der Waals surface area contributed by atoms with Crippen molar-refractivity contribution in [3.63, 3.8) is 0 Å². The number of hydrogen-bond acceptors (Lipinski definition) is 3. The Balaban J connectivity index is 2.63. The van der Waals surface area contributed by atoms with Crippen LogP contribution in [-0.4, -0.2) is 30.3 Å². The number of carbonyl (C=O) groups excluding carboxylic acids is 2. The van der Waals surface area contributed by atoms with E-state index in [0.717, 1.165) is 5.56 Å². The van der Waals surface area contributed by atoms with Crippen LogP contribution in [-0.2, 0) is 16.1 Å². The van der Waals surface area contributed by atoms with Crippen molar-refractivity contribution in [3.8, 4) is 6.07 Å². The van der Waals surface area contributed by atoms with E-state index in [-0.39, 0.29) is 13.1 Å². The molecule has 0 heterocycles. The van der Waals surface area contributed by atoms with Gasteiger partial charge in [-0.1, -0.05) is 29.8 Å². The topological polar surface area (TPSA) is 73.2 Å². The van der Waals surface area contributed by atoms with Gasteiger partial charge in [0, 0.05) is 18.6 Å². The molecule has 5 nitrogen and oxygen atoms in total. The second kappa shape index (κ2) is 6.62. The number of amides is 2. The zero-order valence-corrected chi connectivity index (χ0v) is 10.6. The highest BCUT2D eigenvalue weighted by Crippen LogP contribution is 2.16. The molecule has 0 spiro atoms. The summed E-state index contributed by atoms with van der Waals surface area (Å²) >= 11 is 5.95. The van der Waals surface area contributed by atoms with E-state index in [4.69, 9.17) is 16.9 Å². The first-order chi connectivity index (χ1) is 8.56. The SMILES string of the molecule is CN(Cc1ccccc1Cl)C(=O)C(=O)NCC#N. The van der Waals surface area contributed by atoms with Gasteiger partial charge in [0.2, 0.25) is 0 Å². The molecule has 1 aromatic carbocycles. The molecule has 0 atom stereocenters. The van der Waals surface area contributed by atoms with Crippen molar-refractivity contribution in [1.29, 1.82) is 5.26 Å². The van der Waals surface area contributed by atoms with Crippen molar-refractivity contribution in [2.24, 2.45) is 0 Å². The van der Waals surface area contributed by atoms with Gasteiger partial charge in [-0.3, -0.25) is 9.59 Å². The Kier molecular flexibility index (Phi) is 5.15. The molecule has 0 radical (unpaired) electrons. The van der Waals surface area contributed by atoms with Crippen molar-refractivity contribution in [2.75, 3.05) is 13.6 Å². The minimum atomic E-state index is -0.800. The summed E-state index contributed by atoms with van der Waals surface area (Å²) in [5, 5.41) is 11.0. The van der Waals surface area contributed by atoms with Crippen molar-refractivity contribution >= 4 is 23.4 Å². The molecule has 94 valence electrons. The van der Waals surface area contributed by atoms with Gasteiger partial charge in [-0.15, -0.1) is 0 Å². The third-order valence-electron chi connectivity index (χ3n) is 2.23. The predicted octanol–water partition coefficient (Wildman–Crippen LogP) is 0.938. The molecule has 18 heavy (non-hydrogen) atoms. The molecule has 1 aromatic rings. The first-order valence-corrected chi connectivity index (χ1v) is 5.57. The quantitative estimate of drug-likeness (QED) is 0.653. The maximum absolute atomic E-state index is 11.6. The molecule has 1 rings (SSSR count). The second-order valence-electron chi connectivity index (χ2n) is 3.59. The van der Waals surface area contributed by atoms with Gasteiger partial charge in [0.25, 0.3) is 0 Å². The van der Waals surface area contributed by atoms with Gasteiger partial charge in [0.1, 0.15) is 6.54 Å². The molecule has 0 saturated carbocycles. The summed E-state index contributed by atoms with van der Waals surface area (Å²) in [5.41, 5.74) is 0.753. The van der Waals surface area contributed by atoms with E-state index in [1.54, 1.807) is 30.3 Å². The van der Waals surface area contributed by atoms with Crippen molar-refractivity contribution < 1.29 is 9.59 Å². The standard InChI is InChI=1S/C12H12ClN3O2/c1-16(12(18)11(17)15-7-6-14)8-9-4-2-3-5-10(9)13/h2-5H,7-8H2,1H3,(H,15,17). The number of likely N-dealkylation sites (N-methyl/N-ethyl adjacent to an activating group) is 1. The van der Waals surface area contributed by atoms with E-state index in [9.17, 15) is 9.59 Å². The van der Waals surface area contributed by atoms with E-state index in [0.29, 0.717) is 5.02 Å². The summed E-state index contributed by atoms with van der Waals surface area (Å²) in [6.07, 6.45) is 0. The fourth-order valence-electron chi connectivity index (χ4n) is 1.32. The smallest absolute Gasteiger partial charge is 0.311 e. The molecule has 1 N–H and O–H groups in total. The zero-order chi connectivity index (χ0) is 13.5. The van der Waals surface area contributed by atoms with Gasteiger partial charge in [0.05, 0.1) is 6.07 Å². The lowest BCUT2D eigenvalue weighted by molar-refractivity contribution is -0.145. The van der Waals surface area contributed by atoms with Crippen LogP contribution in [0.1, 0.15) is 5.56 Å². The first-order valence-electron chi connectivity index (χ1n) is 5.20. The lowest BCUT2D eigenvalue weighted by atomic mass is 10.2. The third-order valence-corrected chi connectivity index (χ3v) is 2.60. The number of carbonyl (C=O) groups is 2. The number of rotatable bonds is 3. The van der Waals surface area contributed by atoms with Crippen LogP contribution in [0.2, 0.25) is 5.02 Å². The fourth-order valence-corrected chi connectivity index (χ4v) is 1.52. The lowest BCUT2D eigenvalue weighted by Crippen LogP contribution is -2.40. The second-order valence-corrected chi connectivity index (χ2v) is 4.00. The molecule has 0 aliphatic heterocycles. The number of nitrogens with one attached hydrogen (secondary N) is 1. The molecule has 0 aliphatic rings. The molecule has 0 aromatic heterocycles. The van der Waals surface area contributed by atoms with Gasteiger partial charge < -0.3 is 10.2 Å². The van der Waals surface area contributed by atoms with E-state index < -0.39 is 11.8 Å². The van der Waals surface area contributed by atoms with Crippen LogP contribution in [0, 0.1) is 11.3 Å². The number of benzene rings is 1. The van der Waals surface area contributed by atoms with Gasteiger partial charge in [-0.25, -0.2) is 0 Å². The van der Waals surface area contributed by atoms with Gasteiger partial charge in [-0.05, 0) is 11.6 Å². The number of halogens is 1. The largest absolute Gasteiger partial charge is 0.335 e. The normalized spacial score (nSPS) is 9.39. The van der Waals surface area contributed by atoms with Crippen LogP contribution in [0.3, 0.4) is 0 Å². The number of nitriles is 1. The summed E-state index contributed by atoms with van der Waals surface area (Å²) in [6.45, 7) is 0.0446.